The number of likely N-dealkylation sites (tertiary alicyclic amines) is 1. The number of amides is 1. The number of H-pyrrole nitrogens is 1. The number of aromatic nitrogens is 1. The van der Waals surface area contributed by atoms with Crippen LogP contribution in [0.5, 0.6) is 0 Å². The molecule has 3 heterocycles. The SMILES string of the molecule is O=C(Cc1c[nH]c2ccccc12)N1CCC2C(COCCN2Cc2ccccc2)C1. The molecule has 5 nitrogen and oxygen atoms in total. The average molecular weight is 404 g/mol. The van der Waals surface area contributed by atoms with Crippen molar-refractivity contribution < 1.29 is 9.53 Å². The second-order valence-electron chi connectivity index (χ2n) is 8.52. The number of ether oxygens (including phenoxy) is 1. The number of nitrogens with zero attached hydrogens (tertiary/aromatic N) is 2. The Morgan fingerprint density at radius 2 is 1.90 bits per heavy atom. The number of para-hydroxylation sites is 1. The number of piperidine rings is 1. The number of hydrogen-bond donors (Lipinski definition) is 1. The van der Waals surface area contributed by atoms with Gasteiger partial charge in [-0.15, -0.1) is 0 Å². The van der Waals surface area contributed by atoms with Gasteiger partial charge in [-0.3, -0.25) is 9.69 Å². The Kier molecular flexibility index (Phi) is 5.56. The highest BCUT2D eigenvalue weighted by Crippen LogP contribution is 2.27. The van der Waals surface area contributed by atoms with Gasteiger partial charge in [0, 0.05) is 55.2 Å². The highest BCUT2D eigenvalue weighted by Gasteiger charge is 2.36. The number of fused-ring (bicyclic) bond motifs is 2. The third-order valence-corrected chi connectivity index (χ3v) is 6.62. The number of hydrogen-bond acceptors (Lipinski definition) is 3. The van der Waals surface area contributed by atoms with E-state index in [4.69, 9.17) is 4.74 Å². The molecular weight excluding hydrogens is 374 g/mol. The van der Waals surface area contributed by atoms with E-state index in [2.05, 4.69) is 57.2 Å². The Morgan fingerprint density at radius 1 is 1.07 bits per heavy atom. The van der Waals surface area contributed by atoms with Crippen LogP contribution >= 0.6 is 0 Å². The summed E-state index contributed by atoms with van der Waals surface area (Å²) < 4.78 is 5.94. The lowest BCUT2D eigenvalue weighted by Crippen LogP contribution is -2.52. The summed E-state index contributed by atoms with van der Waals surface area (Å²) in [5.41, 5.74) is 3.52. The van der Waals surface area contributed by atoms with Crippen molar-refractivity contribution in [1.82, 2.24) is 14.8 Å². The van der Waals surface area contributed by atoms with Gasteiger partial charge in [-0.1, -0.05) is 48.5 Å². The van der Waals surface area contributed by atoms with Crippen molar-refractivity contribution in [1.29, 1.82) is 0 Å². The molecule has 2 aliphatic rings. The summed E-state index contributed by atoms with van der Waals surface area (Å²) in [6, 6.07) is 19.3. The summed E-state index contributed by atoms with van der Waals surface area (Å²) >= 11 is 0. The molecule has 2 saturated heterocycles. The zero-order chi connectivity index (χ0) is 20.3. The zero-order valence-electron chi connectivity index (χ0n) is 17.3. The minimum absolute atomic E-state index is 0.219. The van der Waals surface area contributed by atoms with Crippen molar-refractivity contribution in [3.05, 3.63) is 71.9 Å². The first-order chi connectivity index (χ1) is 14.8. The van der Waals surface area contributed by atoms with Gasteiger partial charge in [0.05, 0.1) is 19.6 Å². The lowest BCUT2D eigenvalue weighted by Gasteiger charge is -2.42. The predicted molar refractivity (Wildman–Crippen MR) is 118 cm³/mol. The van der Waals surface area contributed by atoms with E-state index < -0.39 is 0 Å². The van der Waals surface area contributed by atoms with Crippen LogP contribution in [0.25, 0.3) is 10.9 Å². The number of nitrogens with one attached hydrogen (secondary N) is 1. The lowest BCUT2D eigenvalue weighted by atomic mass is 9.90. The summed E-state index contributed by atoms with van der Waals surface area (Å²) in [6.07, 6.45) is 3.45. The van der Waals surface area contributed by atoms with Gasteiger partial charge < -0.3 is 14.6 Å². The smallest absolute Gasteiger partial charge is 0.227 e. The topological polar surface area (TPSA) is 48.6 Å². The van der Waals surface area contributed by atoms with Gasteiger partial charge in [-0.2, -0.15) is 0 Å². The van der Waals surface area contributed by atoms with Gasteiger partial charge in [0.15, 0.2) is 0 Å². The fourth-order valence-electron chi connectivity index (χ4n) is 5.04. The van der Waals surface area contributed by atoms with Crippen LogP contribution in [-0.4, -0.2) is 59.6 Å². The van der Waals surface area contributed by atoms with E-state index in [0.717, 1.165) is 62.3 Å². The number of carbonyl (C=O) groups excluding carboxylic acids is 1. The van der Waals surface area contributed by atoms with Gasteiger partial charge in [-0.05, 0) is 23.6 Å². The van der Waals surface area contributed by atoms with Crippen molar-refractivity contribution in [2.45, 2.75) is 25.4 Å². The van der Waals surface area contributed by atoms with Gasteiger partial charge in [-0.25, -0.2) is 0 Å². The van der Waals surface area contributed by atoms with E-state index >= 15 is 0 Å². The maximum atomic E-state index is 13.1. The van der Waals surface area contributed by atoms with E-state index in [-0.39, 0.29) is 5.91 Å². The summed E-state index contributed by atoms with van der Waals surface area (Å²) in [6.45, 7) is 5.04. The molecule has 0 radical (unpaired) electrons. The second kappa shape index (κ2) is 8.62. The van der Waals surface area contributed by atoms with Gasteiger partial charge in [0.2, 0.25) is 5.91 Å². The highest BCUT2D eigenvalue weighted by atomic mass is 16.5. The van der Waals surface area contributed by atoms with Crippen LogP contribution in [0.15, 0.2) is 60.8 Å². The molecule has 0 aliphatic carbocycles. The van der Waals surface area contributed by atoms with Gasteiger partial charge in [0.25, 0.3) is 0 Å². The minimum atomic E-state index is 0.219. The Hall–Kier alpha value is -2.63. The number of rotatable bonds is 4. The third kappa shape index (κ3) is 4.00. The van der Waals surface area contributed by atoms with E-state index in [9.17, 15) is 4.79 Å². The summed E-state index contributed by atoms with van der Waals surface area (Å²) in [7, 11) is 0. The molecule has 30 heavy (non-hydrogen) atoms. The van der Waals surface area contributed by atoms with Crippen molar-refractivity contribution >= 4 is 16.8 Å². The van der Waals surface area contributed by atoms with E-state index in [1.165, 1.54) is 5.56 Å². The molecule has 2 aliphatic heterocycles. The molecule has 1 aromatic heterocycles. The van der Waals surface area contributed by atoms with Crippen LogP contribution < -0.4 is 0 Å². The molecule has 2 fully saturated rings. The molecule has 1 N–H and O–H groups in total. The van der Waals surface area contributed by atoms with Crippen LogP contribution in [0, 0.1) is 5.92 Å². The first-order valence-corrected chi connectivity index (χ1v) is 11.0. The van der Waals surface area contributed by atoms with E-state index in [0.29, 0.717) is 18.4 Å². The quantitative estimate of drug-likeness (QED) is 0.726. The van der Waals surface area contributed by atoms with Crippen molar-refractivity contribution in [2.75, 3.05) is 32.8 Å². The monoisotopic (exact) mass is 403 g/mol. The first kappa shape index (κ1) is 19.3. The van der Waals surface area contributed by atoms with Crippen molar-refractivity contribution in [3.63, 3.8) is 0 Å². The zero-order valence-corrected chi connectivity index (χ0v) is 17.3. The lowest BCUT2D eigenvalue weighted by molar-refractivity contribution is -0.133. The molecule has 0 spiro atoms. The van der Waals surface area contributed by atoms with Crippen molar-refractivity contribution in [2.24, 2.45) is 5.92 Å². The summed E-state index contributed by atoms with van der Waals surface area (Å²) in [4.78, 5) is 21.0. The molecule has 2 unspecified atom stereocenters. The molecule has 2 aromatic carbocycles. The number of benzene rings is 2. The fraction of sp³-hybridized carbons (Fsp3) is 0.400. The Morgan fingerprint density at radius 3 is 2.80 bits per heavy atom. The number of aromatic amines is 1. The van der Waals surface area contributed by atoms with Gasteiger partial charge >= 0.3 is 0 Å². The molecule has 1 amide bonds. The summed E-state index contributed by atoms with van der Waals surface area (Å²) in [5, 5.41) is 1.15. The normalized spacial score (nSPS) is 22.6. The molecule has 5 rings (SSSR count). The maximum Gasteiger partial charge on any atom is 0.227 e. The van der Waals surface area contributed by atoms with E-state index in [1.54, 1.807) is 0 Å². The molecule has 156 valence electrons. The standard InChI is InChI=1S/C25H29N3O2/c29-25(14-20-15-26-23-9-5-4-8-22(20)23)28-11-10-24-21(17-28)18-30-13-12-27(24)16-19-6-2-1-3-7-19/h1-9,15,21,24,26H,10-14,16-18H2. The fourth-order valence-corrected chi connectivity index (χ4v) is 5.04. The predicted octanol–water partition coefficient (Wildman–Crippen LogP) is 3.46. The average Bonchev–Trinajstić information content (AvgIpc) is 3.08. The van der Waals surface area contributed by atoms with Crippen LogP contribution in [0.3, 0.4) is 0 Å². The summed E-state index contributed by atoms with van der Waals surface area (Å²) in [5.74, 6) is 0.592. The first-order valence-electron chi connectivity index (χ1n) is 11.0. The Balaban J connectivity index is 1.26. The van der Waals surface area contributed by atoms with Gasteiger partial charge in [0.1, 0.15) is 0 Å². The Bertz CT molecular complexity index is 1000. The second-order valence-corrected chi connectivity index (χ2v) is 8.52. The molecule has 0 saturated carbocycles. The van der Waals surface area contributed by atoms with Crippen molar-refractivity contribution in [3.8, 4) is 0 Å². The number of carbonyl (C=O) groups is 1. The minimum Gasteiger partial charge on any atom is -0.380 e. The molecule has 0 bridgehead atoms. The molecular formula is C25H29N3O2. The van der Waals surface area contributed by atoms with Crippen LogP contribution in [0.4, 0.5) is 0 Å². The molecule has 3 aromatic rings. The largest absolute Gasteiger partial charge is 0.380 e. The Labute approximate surface area is 177 Å². The molecule has 5 heteroatoms. The maximum absolute atomic E-state index is 13.1. The highest BCUT2D eigenvalue weighted by molar-refractivity contribution is 5.88. The van der Waals surface area contributed by atoms with E-state index in [1.807, 2.05) is 18.3 Å². The molecule has 2 atom stereocenters. The van der Waals surface area contributed by atoms with Crippen LogP contribution in [-0.2, 0) is 22.5 Å². The third-order valence-electron chi connectivity index (χ3n) is 6.62. The van der Waals surface area contributed by atoms with Crippen LogP contribution in [0.2, 0.25) is 0 Å². The van der Waals surface area contributed by atoms with Crippen LogP contribution in [0.1, 0.15) is 17.5 Å².